The zero-order valence-corrected chi connectivity index (χ0v) is 10.6. The van der Waals surface area contributed by atoms with Crippen LogP contribution in [-0.2, 0) is 4.74 Å². The highest BCUT2D eigenvalue weighted by Crippen LogP contribution is 2.28. The van der Waals surface area contributed by atoms with E-state index in [-0.39, 0.29) is 18.2 Å². The molecule has 96 valence electrons. The van der Waals surface area contributed by atoms with Crippen molar-refractivity contribution in [3.63, 3.8) is 0 Å². The molecule has 0 spiro atoms. The van der Waals surface area contributed by atoms with E-state index in [0.29, 0.717) is 5.82 Å². The fraction of sp³-hybridized carbons (Fsp3) is 0.583. The van der Waals surface area contributed by atoms with Crippen LogP contribution in [0, 0.1) is 0 Å². The van der Waals surface area contributed by atoms with Crippen LogP contribution in [0.2, 0.25) is 0 Å². The summed E-state index contributed by atoms with van der Waals surface area (Å²) in [6.45, 7) is 9.71. The fourth-order valence-corrected chi connectivity index (χ4v) is 1.75. The highest BCUT2D eigenvalue weighted by atomic mass is 19.1. The lowest BCUT2D eigenvalue weighted by atomic mass is 10.2. The Morgan fingerprint density at radius 2 is 2.18 bits per heavy atom. The van der Waals surface area contributed by atoms with Crippen molar-refractivity contribution in [1.82, 2.24) is 4.90 Å². The molecule has 5 heteroatoms. The molecule has 4 nitrogen and oxygen atoms in total. The summed E-state index contributed by atoms with van der Waals surface area (Å²) < 4.78 is 18.8. The SMILES string of the molecule is C=C1N=C(N)C(F)=CN1C1CCC(C)O1.CC. The smallest absolute Gasteiger partial charge is 0.181 e. The van der Waals surface area contributed by atoms with Crippen LogP contribution in [-0.4, -0.2) is 23.1 Å². The Kier molecular flexibility index (Phi) is 4.69. The number of amidine groups is 1. The minimum Gasteiger partial charge on any atom is -0.381 e. The molecule has 0 aromatic heterocycles. The molecule has 2 aliphatic heterocycles. The summed E-state index contributed by atoms with van der Waals surface area (Å²) in [7, 11) is 0. The molecule has 0 radical (unpaired) electrons. The number of rotatable bonds is 1. The average Bonchev–Trinajstić information content (AvgIpc) is 2.73. The van der Waals surface area contributed by atoms with Crippen LogP contribution < -0.4 is 5.73 Å². The lowest BCUT2D eigenvalue weighted by Crippen LogP contribution is -2.33. The van der Waals surface area contributed by atoms with E-state index in [1.807, 2.05) is 20.8 Å². The van der Waals surface area contributed by atoms with Crippen molar-refractivity contribution in [3.05, 3.63) is 24.4 Å². The second-order valence-electron chi connectivity index (χ2n) is 3.78. The monoisotopic (exact) mass is 241 g/mol. The lowest BCUT2D eigenvalue weighted by Gasteiger charge is -2.29. The van der Waals surface area contributed by atoms with Gasteiger partial charge in [0, 0.05) is 6.20 Å². The summed E-state index contributed by atoms with van der Waals surface area (Å²) in [4.78, 5) is 5.41. The Balaban J connectivity index is 0.000000686. The van der Waals surface area contributed by atoms with E-state index in [1.54, 1.807) is 4.90 Å². The van der Waals surface area contributed by atoms with Gasteiger partial charge in [-0.3, -0.25) is 0 Å². The van der Waals surface area contributed by atoms with E-state index in [9.17, 15) is 4.39 Å². The van der Waals surface area contributed by atoms with Gasteiger partial charge >= 0.3 is 0 Å². The predicted octanol–water partition coefficient (Wildman–Crippen LogP) is 2.49. The van der Waals surface area contributed by atoms with Crippen LogP contribution in [0.25, 0.3) is 0 Å². The minimum absolute atomic E-state index is 0.123. The Morgan fingerprint density at radius 1 is 1.53 bits per heavy atom. The van der Waals surface area contributed by atoms with Crippen LogP contribution in [0.3, 0.4) is 0 Å². The first-order valence-electron chi connectivity index (χ1n) is 5.92. The highest BCUT2D eigenvalue weighted by molar-refractivity contribution is 5.96. The number of nitrogens with two attached hydrogens (primary N) is 1. The van der Waals surface area contributed by atoms with Crippen LogP contribution >= 0.6 is 0 Å². The minimum atomic E-state index is -0.537. The van der Waals surface area contributed by atoms with Crippen molar-refractivity contribution in [2.45, 2.75) is 45.9 Å². The maximum atomic E-state index is 13.2. The zero-order valence-electron chi connectivity index (χ0n) is 10.6. The number of halogens is 1. The molecule has 2 unspecified atom stereocenters. The number of nitrogens with zero attached hydrogens (tertiary/aromatic N) is 2. The summed E-state index contributed by atoms with van der Waals surface area (Å²) in [5.41, 5.74) is 5.34. The molecular weight excluding hydrogens is 221 g/mol. The van der Waals surface area contributed by atoms with Gasteiger partial charge in [-0.2, -0.15) is 0 Å². The van der Waals surface area contributed by atoms with Crippen LogP contribution in [0.1, 0.15) is 33.6 Å². The van der Waals surface area contributed by atoms with Crippen molar-refractivity contribution in [1.29, 1.82) is 0 Å². The Hall–Kier alpha value is -1.36. The van der Waals surface area contributed by atoms with Gasteiger partial charge in [0.15, 0.2) is 11.7 Å². The summed E-state index contributed by atoms with van der Waals surface area (Å²) in [6, 6.07) is 0. The maximum absolute atomic E-state index is 13.2. The van der Waals surface area contributed by atoms with Gasteiger partial charge in [-0.1, -0.05) is 20.4 Å². The Labute approximate surface area is 102 Å². The summed E-state index contributed by atoms with van der Waals surface area (Å²) >= 11 is 0. The second-order valence-corrected chi connectivity index (χ2v) is 3.78. The molecule has 0 aromatic carbocycles. The normalized spacial score (nSPS) is 28.2. The Bertz CT molecular complexity index is 352. The molecule has 1 saturated heterocycles. The zero-order chi connectivity index (χ0) is 13.0. The van der Waals surface area contributed by atoms with E-state index in [1.165, 1.54) is 6.20 Å². The largest absolute Gasteiger partial charge is 0.381 e. The van der Waals surface area contributed by atoms with Crippen molar-refractivity contribution >= 4 is 5.84 Å². The summed E-state index contributed by atoms with van der Waals surface area (Å²) in [5.74, 6) is -0.235. The molecule has 0 saturated carbocycles. The molecule has 2 N–H and O–H groups in total. The molecular formula is C12H20FN3O. The predicted molar refractivity (Wildman–Crippen MR) is 66.7 cm³/mol. The van der Waals surface area contributed by atoms with Crippen molar-refractivity contribution in [2.24, 2.45) is 10.7 Å². The van der Waals surface area contributed by atoms with Gasteiger partial charge in [-0.05, 0) is 19.8 Å². The van der Waals surface area contributed by atoms with Gasteiger partial charge in [-0.25, -0.2) is 9.38 Å². The van der Waals surface area contributed by atoms with Crippen LogP contribution in [0.4, 0.5) is 4.39 Å². The summed E-state index contributed by atoms with van der Waals surface area (Å²) in [6.07, 6.45) is 3.13. The molecule has 0 amide bonds. The van der Waals surface area contributed by atoms with E-state index < -0.39 is 5.83 Å². The first-order chi connectivity index (χ1) is 8.08. The number of hydrogen-bond donors (Lipinski definition) is 1. The van der Waals surface area contributed by atoms with Gasteiger partial charge in [0.2, 0.25) is 0 Å². The van der Waals surface area contributed by atoms with E-state index in [2.05, 4.69) is 11.6 Å². The van der Waals surface area contributed by atoms with Gasteiger partial charge in [-0.15, -0.1) is 0 Å². The first kappa shape index (κ1) is 13.7. The maximum Gasteiger partial charge on any atom is 0.181 e. The topological polar surface area (TPSA) is 50.8 Å². The molecule has 2 rings (SSSR count). The van der Waals surface area contributed by atoms with Gasteiger partial charge in [0.05, 0.1) is 6.10 Å². The van der Waals surface area contributed by atoms with Crippen LogP contribution in [0.5, 0.6) is 0 Å². The lowest BCUT2D eigenvalue weighted by molar-refractivity contribution is -0.0137. The number of ether oxygens (including phenoxy) is 1. The molecule has 2 heterocycles. The quantitative estimate of drug-likeness (QED) is 0.767. The number of hydrogen-bond acceptors (Lipinski definition) is 4. The standard InChI is InChI=1S/C10H14FN3O.C2H6/c1-6-3-4-9(15-6)14-5-8(11)10(12)13-7(14)2;1-2/h5-6,9H,2-4H2,1H3,(H2,12,13);1-2H3. The van der Waals surface area contributed by atoms with Crippen LogP contribution in [0.15, 0.2) is 29.4 Å². The van der Waals surface area contributed by atoms with Gasteiger partial charge in [0.1, 0.15) is 12.0 Å². The Morgan fingerprint density at radius 3 is 2.71 bits per heavy atom. The molecule has 0 aromatic rings. The van der Waals surface area contributed by atoms with Gasteiger partial charge in [0.25, 0.3) is 0 Å². The third-order valence-electron chi connectivity index (χ3n) is 2.56. The summed E-state index contributed by atoms with van der Waals surface area (Å²) in [5, 5.41) is 0. The average molecular weight is 241 g/mol. The molecule has 1 fully saturated rings. The number of aliphatic imine (C=N–C) groups is 1. The van der Waals surface area contributed by atoms with Gasteiger partial charge < -0.3 is 15.4 Å². The molecule has 2 atom stereocenters. The molecule has 0 bridgehead atoms. The van der Waals surface area contributed by atoms with Crippen molar-refractivity contribution in [2.75, 3.05) is 0 Å². The van der Waals surface area contributed by atoms with E-state index in [0.717, 1.165) is 12.8 Å². The second kappa shape index (κ2) is 5.82. The molecule has 0 aliphatic carbocycles. The molecule has 17 heavy (non-hydrogen) atoms. The van der Waals surface area contributed by atoms with E-state index >= 15 is 0 Å². The van der Waals surface area contributed by atoms with E-state index in [4.69, 9.17) is 10.5 Å². The van der Waals surface area contributed by atoms with Crippen molar-refractivity contribution < 1.29 is 9.13 Å². The fourth-order valence-electron chi connectivity index (χ4n) is 1.75. The third-order valence-corrected chi connectivity index (χ3v) is 2.56. The highest BCUT2D eigenvalue weighted by Gasteiger charge is 2.29. The molecule has 2 aliphatic rings. The third kappa shape index (κ3) is 3.06. The van der Waals surface area contributed by atoms with Crippen molar-refractivity contribution in [3.8, 4) is 0 Å². The first-order valence-corrected chi connectivity index (χ1v) is 5.92.